The van der Waals surface area contributed by atoms with Crippen LogP contribution in [0.25, 0.3) is 10.6 Å². The fraction of sp³-hybridized carbons (Fsp3) is 0.0556. The number of amides is 1. The van der Waals surface area contributed by atoms with E-state index in [1.54, 1.807) is 0 Å². The average Bonchev–Trinajstić information content (AvgIpc) is 3.16. The Balaban J connectivity index is 1.70. The van der Waals surface area contributed by atoms with Crippen LogP contribution in [0.3, 0.4) is 0 Å². The largest absolute Gasteiger partial charge is 0.296 e. The molecule has 0 aliphatic carbocycles. The molecule has 0 saturated carbocycles. The molecular formula is C18H14N4O3S2. The molecule has 0 bridgehead atoms. The first-order valence-electron chi connectivity index (χ1n) is 7.73. The highest BCUT2D eigenvalue weighted by Crippen LogP contribution is 2.26. The number of carbonyl (C=O) groups excluding carboxylic acids is 1. The number of carbonyl (C=O) groups is 1. The molecule has 0 spiro atoms. The van der Waals surface area contributed by atoms with Gasteiger partial charge in [-0.05, 0) is 24.3 Å². The van der Waals surface area contributed by atoms with Crippen LogP contribution in [0.5, 0.6) is 0 Å². The maximum absolute atomic E-state index is 12.3. The number of nitrogens with one attached hydrogen (secondary N) is 2. The van der Waals surface area contributed by atoms with E-state index in [4.69, 9.17) is 6.42 Å². The summed E-state index contributed by atoms with van der Waals surface area (Å²) in [5.74, 6) is 1.79. The molecule has 1 aromatic heterocycles. The first-order valence-corrected chi connectivity index (χ1v) is 10.0. The SMILES string of the molecule is C#CCNS(=O)(=O)c1ccc(C(=O)Nc2nnc(-c3ccccc3)s2)cc1. The molecule has 2 N–H and O–H groups in total. The molecule has 2 aromatic carbocycles. The van der Waals surface area contributed by atoms with Gasteiger partial charge in [0.2, 0.25) is 15.2 Å². The third-order valence-corrected chi connectivity index (χ3v) is 5.76. The van der Waals surface area contributed by atoms with Crippen LogP contribution >= 0.6 is 11.3 Å². The molecule has 9 heteroatoms. The summed E-state index contributed by atoms with van der Waals surface area (Å²) in [7, 11) is -3.70. The predicted octanol–water partition coefficient (Wildman–Crippen LogP) is 2.37. The lowest BCUT2D eigenvalue weighted by Crippen LogP contribution is -2.24. The van der Waals surface area contributed by atoms with Crippen LogP contribution in [0.1, 0.15) is 10.4 Å². The molecule has 0 fully saturated rings. The van der Waals surface area contributed by atoms with Gasteiger partial charge in [0.1, 0.15) is 5.01 Å². The number of benzene rings is 2. The van der Waals surface area contributed by atoms with Crippen molar-refractivity contribution in [2.45, 2.75) is 4.90 Å². The Labute approximate surface area is 160 Å². The van der Waals surface area contributed by atoms with E-state index in [0.717, 1.165) is 5.56 Å². The summed E-state index contributed by atoms with van der Waals surface area (Å²) in [5, 5.41) is 11.7. The molecule has 136 valence electrons. The minimum atomic E-state index is -3.70. The topological polar surface area (TPSA) is 101 Å². The number of anilines is 1. The molecular weight excluding hydrogens is 384 g/mol. The highest BCUT2D eigenvalue weighted by Gasteiger charge is 2.15. The van der Waals surface area contributed by atoms with E-state index < -0.39 is 15.9 Å². The molecule has 0 aliphatic heterocycles. The van der Waals surface area contributed by atoms with Gasteiger partial charge in [0.15, 0.2) is 0 Å². The summed E-state index contributed by atoms with van der Waals surface area (Å²) in [6, 6.07) is 15.0. The number of hydrogen-bond acceptors (Lipinski definition) is 6. The normalized spacial score (nSPS) is 10.9. The third kappa shape index (κ3) is 4.57. The zero-order valence-corrected chi connectivity index (χ0v) is 15.5. The van der Waals surface area contributed by atoms with Crippen molar-refractivity contribution in [2.24, 2.45) is 0 Å². The zero-order valence-electron chi connectivity index (χ0n) is 13.9. The van der Waals surface area contributed by atoms with Gasteiger partial charge in [-0.3, -0.25) is 10.1 Å². The molecule has 0 unspecified atom stereocenters. The molecule has 0 saturated heterocycles. The van der Waals surface area contributed by atoms with Crippen LogP contribution < -0.4 is 10.0 Å². The van der Waals surface area contributed by atoms with E-state index in [1.165, 1.54) is 35.6 Å². The van der Waals surface area contributed by atoms with Crippen LogP contribution in [0.4, 0.5) is 5.13 Å². The zero-order chi connectivity index (χ0) is 19.3. The van der Waals surface area contributed by atoms with E-state index in [1.807, 2.05) is 30.3 Å². The summed E-state index contributed by atoms with van der Waals surface area (Å²) >= 11 is 1.25. The van der Waals surface area contributed by atoms with Crippen molar-refractivity contribution in [3.05, 3.63) is 60.2 Å². The molecule has 7 nitrogen and oxygen atoms in total. The van der Waals surface area contributed by atoms with Crippen molar-refractivity contribution in [1.29, 1.82) is 0 Å². The van der Waals surface area contributed by atoms with Gasteiger partial charge < -0.3 is 0 Å². The molecule has 1 amide bonds. The Morgan fingerprint density at radius 2 is 1.78 bits per heavy atom. The second-order valence-corrected chi connectivity index (χ2v) is 8.03. The van der Waals surface area contributed by atoms with Crippen molar-refractivity contribution in [1.82, 2.24) is 14.9 Å². The number of aromatic nitrogens is 2. The summed E-state index contributed by atoms with van der Waals surface area (Å²) in [6.45, 7) is -0.106. The number of nitrogens with zero attached hydrogens (tertiary/aromatic N) is 2. The molecule has 27 heavy (non-hydrogen) atoms. The average molecular weight is 398 g/mol. The lowest BCUT2D eigenvalue weighted by atomic mass is 10.2. The Morgan fingerprint density at radius 3 is 2.44 bits per heavy atom. The van der Waals surface area contributed by atoms with E-state index >= 15 is 0 Å². The van der Waals surface area contributed by atoms with Crippen LogP contribution in [0.15, 0.2) is 59.5 Å². The second-order valence-electron chi connectivity index (χ2n) is 5.29. The van der Waals surface area contributed by atoms with Gasteiger partial charge in [-0.15, -0.1) is 16.6 Å². The summed E-state index contributed by atoms with van der Waals surface area (Å²) in [4.78, 5) is 12.4. The fourth-order valence-corrected chi connectivity index (χ4v) is 3.82. The van der Waals surface area contributed by atoms with Crippen LogP contribution in [0, 0.1) is 12.3 Å². The second kappa shape index (κ2) is 8.09. The van der Waals surface area contributed by atoms with Gasteiger partial charge in [-0.25, -0.2) is 8.42 Å². The monoisotopic (exact) mass is 398 g/mol. The van der Waals surface area contributed by atoms with E-state index in [2.05, 4.69) is 26.2 Å². The van der Waals surface area contributed by atoms with Gasteiger partial charge in [0, 0.05) is 11.1 Å². The van der Waals surface area contributed by atoms with Gasteiger partial charge >= 0.3 is 0 Å². The Kier molecular flexibility index (Phi) is 5.61. The Bertz CT molecular complexity index is 1090. The van der Waals surface area contributed by atoms with E-state index in [-0.39, 0.29) is 11.4 Å². The number of terminal acetylenes is 1. The highest BCUT2D eigenvalue weighted by molar-refractivity contribution is 7.89. The van der Waals surface area contributed by atoms with Crippen molar-refractivity contribution in [3.8, 4) is 22.9 Å². The first kappa shape index (κ1) is 18.7. The van der Waals surface area contributed by atoms with E-state index in [0.29, 0.717) is 15.7 Å². The van der Waals surface area contributed by atoms with Crippen molar-refractivity contribution in [2.75, 3.05) is 11.9 Å². The fourth-order valence-electron chi connectivity index (χ4n) is 2.15. The Morgan fingerprint density at radius 1 is 1.07 bits per heavy atom. The predicted molar refractivity (Wildman–Crippen MR) is 104 cm³/mol. The molecule has 3 aromatic rings. The molecule has 3 rings (SSSR count). The lowest BCUT2D eigenvalue weighted by molar-refractivity contribution is 0.102. The van der Waals surface area contributed by atoms with Gasteiger partial charge in [-0.2, -0.15) is 4.72 Å². The number of sulfonamides is 1. The molecule has 0 radical (unpaired) electrons. The van der Waals surface area contributed by atoms with Gasteiger partial charge in [-0.1, -0.05) is 47.6 Å². The van der Waals surface area contributed by atoms with Crippen molar-refractivity contribution in [3.63, 3.8) is 0 Å². The minimum absolute atomic E-state index is 0.0246. The minimum Gasteiger partial charge on any atom is -0.296 e. The third-order valence-electron chi connectivity index (χ3n) is 3.46. The highest BCUT2D eigenvalue weighted by atomic mass is 32.2. The van der Waals surface area contributed by atoms with Crippen LogP contribution in [-0.2, 0) is 10.0 Å². The smallest absolute Gasteiger partial charge is 0.257 e. The maximum Gasteiger partial charge on any atom is 0.257 e. The van der Waals surface area contributed by atoms with Crippen molar-refractivity contribution >= 4 is 32.4 Å². The van der Waals surface area contributed by atoms with Gasteiger partial charge in [0.25, 0.3) is 5.91 Å². The van der Waals surface area contributed by atoms with Gasteiger partial charge in [0.05, 0.1) is 11.4 Å². The van der Waals surface area contributed by atoms with E-state index in [9.17, 15) is 13.2 Å². The quantitative estimate of drug-likeness (QED) is 0.621. The number of rotatable bonds is 6. The van der Waals surface area contributed by atoms with Crippen LogP contribution in [-0.4, -0.2) is 31.1 Å². The molecule has 1 heterocycles. The summed E-state index contributed by atoms with van der Waals surface area (Å²) < 4.78 is 26.2. The number of hydrogen-bond donors (Lipinski definition) is 2. The molecule has 0 aliphatic rings. The maximum atomic E-state index is 12.3. The van der Waals surface area contributed by atoms with Crippen molar-refractivity contribution < 1.29 is 13.2 Å². The first-order chi connectivity index (χ1) is 13.0. The lowest BCUT2D eigenvalue weighted by Gasteiger charge is -2.05. The summed E-state index contributed by atoms with van der Waals surface area (Å²) in [5.41, 5.74) is 1.20. The summed E-state index contributed by atoms with van der Waals surface area (Å²) in [6.07, 6.45) is 5.05. The Hall–Kier alpha value is -3.06. The standard InChI is InChI=1S/C18H14N4O3S2/c1-2-12-19-27(24,25)15-10-8-13(9-11-15)16(23)20-18-22-21-17(26-18)14-6-4-3-5-7-14/h1,3-11,19H,12H2,(H,20,22,23). The van der Waals surface area contributed by atoms with Crippen LogP contribution in [0.2, 0.25) is 0 Å². The molecule has 0 atom stereocenters.